The number of hydrogen-bond donors (Lipinski definition) is 2. The molecule has 0 bridgehead atoms. The molecule has 3 heteroatoms. The van der Waals surface area contributed by atoms with Crippen LogP contribution in [0.2, 0.25) is 0 Å². The van der Waals surface area contributed by atoms with Gasteiger partial charge in [-0.2, -0.15) is 0 Å². The molecule has 1 aromatic heterocycles. The average molecular weight is 184 g/mol. The number of thiophene rings is 1. The number of aryl methyl sites for hydroxylation is 2. The van der Waals surface area contributed by atoms with Gasteiger partial charge in [-0.05, 0) is 30.9 Å². The molecule has 0 amide bonds. The van der Waals surface area contributed by atoms with E-state index < -0.39 is 6.10 Å². The molecule has 2 nitrogen and oxygen atoms in total. The van der Waals surface area contributed by atoms with Crippen LogP contribution in [0.1, 0.15) is 27.8 Å². The second-order valence-electron chi connectivity index (χ2n) is 3.15. The molecule has 1 aliphatic rings. The summed E-state index contributed by atoms with van der Waals surface area (Å²) in [5.74, 6) is 0. The summed E-state index contributed by atoms with van der Waals surface area (Å²) in [6.45, 7) is -0.167. The Hall–Kier alpha value is -0.380. The van der Waals surface area contributed by atoms with Gasteiger partial charge in [-0.15, -0.1) is 11.3 Å². The Morgan fingerprint density at radius 3 is 3.00 bits per heavy atom. The van der Waals surface area contributed by atoms with E-state index in [0.29, 0.717) is 0 Å². The van der Waals surface area contributed by atoms with Crippen molar-refractivity contribution in [2.45, 2.75) is 25.4 Å². The largest absolute Gasteiger partial charge is 0.393 e. The van der Waals surface area contributed by atoms with Gasteiger partial charge in [0.05, 0.1) is 6.61 Å². The summed E-state index contributed by atoms with van der Waals surface area (Å²) < 4.78 is 0. The minimum absolute atomic E-state index is 0.167. The highest BCUT2D eigenvalue weighted by Gasteiger charge is 2.17. The molecule has 0 radical (unpaired) electrons. The molecule has 1 unspecified atom stereocenters. The van der Waals surface area contributed by atoms with Gasteiger partial charge in [0, 0.05) is 9.75 Å². The van der Waals surface area contributed by atoms with E-state index in [0.717, 1.165) is 17.7 Å². The first-order valence-electron chi connectivity index (χ1n) is 4.21. The molecule has 12 heavy (non-hydrogen) atoms. The number of aliphatic hydroxyl groups excluding tert-OH is 2. The zero-order valence-corrected chi connectivity index (χ0v) is 7.60. The first-order chi connectivity index (χ1) is 5.81. The van der Waals surface area contributed by atoms with Gasteiger partial charge in [0.1, 0.15) is 6.10 Å². The topological polar surface area (TPSA) is 40.5 Å². The van der Waals surface area contributed by atoms with Crippen molar-refractivity contribution in [1.29, 1.82) is 0 Å². The lowest BCUT2D eigenvalue weighted by Crippen LogP contribution is -1.99. The molecule has 2 rings (SSSR count). The van der Waals surface area contributed by atoms with Gasteiger partial charge in [-0.3, -0.25) is 0 Å². The van der Waals surface area contributed by atoms with Gasteiger partial charge in [-0.1, -0.05) is 0 Å². The number of hydrogen-bond acceptors (Lipinski definition) is 3. The first-order valence-corrected chi connectivity index (χ1v) is 5.03. The van der Waals surface area contributed by atoms with Crippen LogP contribution in [0.4, 0.5) is 0 Å². The molecule has 1 heterocycles. The fraction of sp³-hybridized carbons (Fsp3) is 0.556. The van der Waals surface area contributed by atoms with Crippen LogP contribution in [0.25, 0.3) is 0 Å². The predicted octanol–water partition coefficient (Wildman–Crippen LogP) is 1.26. The van der Waals surface area contributed by atoms with Crippen molar-refractivity contribution in [3.8, 4) is 0 Å². The molecule has 0 spiro atoms. The van der Waals surface area contributed by atoms with Crippen molar-refractivity contribution >= 4 is 11.3 Å². The Morgan fingerprint density at radius 1 is 1.50 bits per heavy atom. The van der Waals surface area contributed by atoms with E-state index in [1.54, 1.807) is 11.3 Å². The Labute approximate surface area is 75.5 Å². The van der Waals surface area contributed by atoms with Crippen molar-refractivity contribution in [2.24, 2.45) is 0 Å². The number of aliphatic hydroxyl groups is 2. The van der Waals surface area contributed by atoms with E-state index in [-0.39, 0.29) is 6.61 Å². The predicted molar refractivity (Wildman–Crippen MR) is 48.4 cm³/mol. The standard InChI is InChI=1S/C9H12O2S/c10-5-7(11)9-4-6-2-1-3-8(6)12-9/h4,7,10-11H,1-3,5H2. The lowest BCUT2D eigenvalue weighted by Gasteiger charge is -2.02. The van der Waals surface area contributed by atoms with Gasteiger partial charge in [0.25, 0.3) is 0 Å². The minimum Gasteiger partial charge on any atom is -0.393 e. The van der Waals surface area contributed by atoms with E-state index in [1.165, 1.54) is 16.9 Å². The van der Waals surface area contributed by atoms with E-state index in [2.05, 4.69) is 0 Å². The maximum Gasteiger partial charge on any atom is 0.111 e. The van der Waals surface area contributed by atoms with Crippen molar-refractivity contribution in [1.82, 2.24) is 0 Å². The van der Waals surface area contributed by atoms with E-state index in [4.69, 9.17) is 5.11 Å². The van der Waals surface area contributed by atoms with Crippen molar-refractivity contribution < 1.29 is 10.2 Å². The molecule has 1 aliphatic carbocycles. The average Bonchev–Trinajstić information content (AvgIpc) is 2.60. The Kier molecular flexibility index (Phi) is 2.17. The molecular formula is C9H12O2S. The SMILES string of the molecule is OCC(O)c1cc2c(s1)CCC2. The zero-order valence-electron chi connectivity index (χ0n) is 6.79. The molecule has 0 saturated carbocycles. The van der Waals surface area contributed by atoms with Crippen LogP contribution < -0.4 is 0 Å². The van der Waals surface area contributed by atoms with Gasteiger partial charge in [0.15, 0.2) is 0 Å². The molecule has 0 saturated heterocycles. The Balaban J connectivity index is 2.25. The molecule has 1 atom stereocenters. The summed E-state index contributed by atoms with van der Waals surface area (Å²) in [5.41, 5.74) is 1.38. The third kappa shape index (κ3) is 1.28. The number of fused-ring (bicyclic) bond motifs is 1. The van der Waals surface area contributed by atoms with E-state index in [1.807, 2.05) is 6.07 Å². The summed E-state index contributed by atoms with van der Waals surface area (Å²) in [7, 11) is 0. The highest BCUT2D eigenvalue weighted by atomic mass is 32.1. The maximum absolute atomic E-state index is 9.35. The highest BCUT2D eigenvalue weighted by molar-refractivity contribution is 7.12. The van der Waals surface area contributed by atoms with Gasteiger partial charge in [0.2, 0.25) is 0 Å². The molecular weight excluding hydrogens is 172 g/mol. The van der Waals surface area contributed by atoms with E-state index >= 15 is 0 Å². The second kappa shape index (κ2) is 3.17. The molecule has 0 aromatic carbocycles. The maximum atomic E-state index is 9.35. The summed E-state index contributed by atoms with van der Waals surface area (Å²) in [6, 6.07) is 2.04. The monoisotopic (exact) mass is 184 g/mol. The van der Waals surface area contributed by atoms with Crippen LogP contribution in [-0.4, -0.2) is 16.8 Å². The minimum atomic E-state index is -0.666. The zero-order chi connectivity index (χ0) is 8.55. The van der Waals surface area contributed by atoms with Gasteiger partial charge < -0.3 is 10.2 Å². The molecule has 66 valence electrons. The van der Waals surface area contributed by atoms with Crippen molar-refractivity contribution in [3.05, 3.63) is 21.4 Å². The summed E-state index contributed by atoms with van der Waals surface area (Å²) in [4.78, 5) is 2.32. The molecule has 1 aromatic rings. The van der Waals surface area contributed by atoms with E-state index in [9.17, 15) is 5.11 Å². The molecule has 0 aliphatic heterocycles. The first kappa shape index (κ1) is 8.23. The van der Waals surface area contributed by atoms with Crippen LogP contribution in [0, 0.1) is 0 Å². The molecule has 0 fully saturated rings. The fourth-order valence-corrected chi connectivity index (χ4v) is 2.84. The third-order valence-electron chi connectivity index (χ3n) is 2.27. The van der Waals surface area contributed by atoms with Crippen LogP contribution in [0.5, 0.6) is 0 Å². The summed E-state index contributed by atoms with van der Waals surface area (Å²) in [5, 5.41) is 18.1. The van der Waals surface area contributed by atoms with Gasteiger partial charge >= 0.3 is 0 Å². The van der Waals surface area contributed by atoms with Crippen LogP contribution >= 0.6 is 11.3 Å². The van der Waals surface area contributed by atoms with Crippen LogP contribution in [0.15, 0.2) is 6.07 Å². The van der Waals surface area contributed by atoms with Crippen molar-refractivity contribution in [3.63, 3.8) is 0 Å². The number of rotatable bonds is 2. The lowest BCUT2D eigenvalue weighted by atomic mass is 10.2. The van der Waals surface area contributed by atoms with Crippen LogP contribution in [0.3, 0.4) is 0 Å². The molecule has 2 N–H and O–H groups in total. The Morgan fingerprint density at radius 2 is 2.33 bits per heavy atom. The lowest BCUT2D eigenvalue weighted by molar-refractivity contribution is 0.0983. The van der Waals surface area contributed by atoms with Crippen molar-refractivity contribution in [2.75, 3.05) is 6.61 Å². The smallest absolute Gasteiger partial charge is 0.111 e. The van der Waals surface area contributed by atoms with Gasteiger partial charge in [-0.25, -0.2) is 0 Å². The highest BCUT2D eigenvalue weighted by Crippen LogP contribution is 2.33. The normalized spacial score (nSPS) is 17.8. The third-order valence-corrected chi connectivity index (χ3v) is 3.61. The Bertz CT molecular complexity index is 259. The summed E-state index contributed by atoms with van der Waals surface area (Å²) >= 11 is 1.64. The summed E-state index contributed by atoms with van der Waals surface area (Å²) in [6.07, 6.45) is 2.87. The van der Waals surface area contributed by atoms with Crippen LogP contribution in [-0.2, 0) is 12.8 Å². The quantitative estimate of drug-likeness (QED) is 0.726. The second-order valence-corrected chi connectivity index (χ2v) is 4.32. The fourth-order valence-electron chi connectivity index (χ4n) is 1.61.